The molecule has 0 radical (unpaired) electrons. The summed E-state index contributed by atoms with van der Waals surface area (Å²) in [5.41, 5.74) is 8.18. The summed E-state index contributed by atoms with van der Waals surface area (Å²) >= 11 is 24.6. The van der Waals surface area contributed by atoms with Crippen molar-refractivity contribution in [2.75, 3.05) is 0 Å². The highest BCUT2D eigenvalue weighted by atomic mass is 35.5. The van der Waals surface area contributed by atoms with Gasteiger partial charge in [0.15, 0.2) is 5.69 Å². The largest absolute Gasteiger partial charge is 0.368 e. The third-order valence-corrected chi connectivity index (χ3v) is 6.75. The smallest absolute Gasteiger partial charge is 0.272 e. The van der Waals surface area contributed by atoms with Crippen molar-refractivity contribution >= 4 is 58.2 Å². The van der Waals surface area contributed by atoms with E-state index in [0.717, 1.165) is 5.56 Å². The van der Waals surface area contributed by atoms with Crippen molar-refractivity contribution in [3.63, 3.8) is 0 Å². The van der Waals surface area contributed by atoms with Crippen molar-refractivity contribution in [1.29, 1.82) is 5.26 Å². The molecule has 11 heteroatoms. The highest BCUT2D eigenvalue weighted by Gasteiger charge is 2.28. The Hall–Kier alpha value is -3.54. The Balaban J connectivity index is 1.82. The van der Waals surface area contributed by atoms with Gasteiger partial charge in [0, 0.05) is 32.6 Å². The number of hydrogen-bond acceptors (Lipinski definition) is 4. The molecule has 0 bridgehead atoms. The molecule has 3 N–H and O–H groups in total. The Morgan fingerprint density at radius 3 is 2.13 bits per heavy atom. The van der Waals surface area contributed by atoms with Crippen LogP contribution < -0.4 is 11.1 Å². The number of halogens is 4. The first-order valence-corrected chi connectivity index (χ1v) is 12.7. The minimum absolute atomic E-state index is 0.0510. The van der Waals surface area contributed by atoms with E-state index < -0.39 is 17.9 Å². The van der Waals surface area contributed by atoms with E-state index in [1.165, 1.54) is 4.68 Å². The Bertz CT molecular complexity index is 1540. The van der Waals surface area contributed by atoms with Gasteiger partial charge in [-0.1, -0.05) is 70.7 Å². The van der Waals surface area contributed by atoms with Crippen molar-refractivity contribution in [3.8, 4) is 23.0 Å². The molecule has 1 atom stereocenters. The van der Waals surface area contributed by atoms with Gasteiger partial charge in [-0.15, -0.1) is 0 Å². The molecule has 0 spiro atoms. The van der Waals surface area contributed by atoms with Gasteiger partial charge in [-0.3, -0.25) is 9.59 Å². The summed E-state index contributed by atoms with van der Waals surface area (Å²) in [6, 6.07) is 19.6. The van der Waals surface area contributed by atoms with E-state index in [1.807, 2.05) is 0 Å². The van der Waals surface area contributed by atoms with Crippen LogP contribution in [0, 0.1) is 11.3 Å². The van der Waals surface area contributed by atoms with Crippen molar-refractivity contribution in [2.24, 2.45) is 5.73 Å². The average Bonchev–Trinajstić information content (AvgIpc) is 3.24. The van der Waals surface area contributed by atoms with E-state index in [4.69, 9.17) is 52.1 Å². The predicted molar refractivity (Wildman–Crippen MR) is 149 cm³/mol. The molecule has 7 nitrogen and oxygen atoms in total. The van der Waals surface area contributed by atoms with Gasteiger partial charge in [0.25, 0.3) is 5.91 Å². The molecule has 1 unspecified atom stereocenters. The first kappa shape index (κ1) is 27.5. The number of benzene rings is 3. The molecule has 0 fully saturated rings. The number of amides is 2. The van der Waals surface area contributed by atoms with Gasteiger partial charge in [-0.05, 0) is 48.0 Å². The Kier molecular flexibility index (Phi) is 8.60. The summed E-state index contributed by atoms with van der Waals surface area (Å²) in [6.45, 7) is 0. The number of nitrogens with zero attached hydrogens (tertiary/aromatic N) is 3. The van der Waals surface area contributed by atoms with E-state index in [1.54, 1.807) is 66.7 Å². The lowest BCUT2D eigenvalue weighted by atomic mass is 10.0. The molecule has 0 aliphatic heterocycles. The van der Waals surface area contributed by atoms with Gasteiger partial charge in [0.2, 0.25) is 5.91 Å². The molecule has 1 heterocycles. The summed E-state index contributed by atoms with van der Waals surface area (Å²) in [4.78, 5) is 25.8. The number of carbonyl (C=O) groups excluding carboxylic acids is 2. The first-order valence-electron chi connectivity index (χ1n) is 11.2. The number of nitriles is 1. The molecule has 4 aromatic rings. The van der Waals surface area contributed by atoms with Gasteiger partial charge >= 0.3 is 0 Å². The quantitative estimate of drug-likeness (QED) is 0.262. The van der Waals surface area contributed by atoms with Crippen LogP contribution in [-0.2, 0) is 17.6 Å². The maximum absolute atomic E-state index is 13.5. The minimum atomic E-state index is -1.04. The van der Waals surface area contributed by atoms with Gasteiger partial charge in [-0.25, -0.2) is 4.68 Å². The minimum Gasteiger partial charge on any atom is -0.368 e. The van der Waals surface area contributed by atoms with Crippen molar-refractivity contribution in [2.45, 2.75) is 18.9 Å². The third kappa shape index (κ3) is 6.12. The van der Waals surface area contributed by atoms with Gasteiger partial charge < -0.3 is 11.1 Å². The lowest BCUT2D eigenvalue weighted by Gasteiger charge is -2.15. The van der Waals surface area contributed by atoms with Crippen LogP contribution in [0.4, 0.5) is 0 Å². The molecule has 4 rings (SSSR count). The lowest BCUT2D eigenvalue weighted by Crippen LogP contribution is -2.46. The Morgan fingerprint density at radius 1 is 0.947 bits per heavy atom. The van der Waals surface area contributed by atoms with E-state index in [0.29, 0.717) is 37.6 Å². The van der Waals surface area contributed by atoms with Crippen LogP contribution >= 0.6 is 46.4 Å². The van der Waals surface area contributed by atoms with Crippen molar-refractivity contribution in [3.05, 3.63) is 104 Å². The SMILES string of the molecule is N#CCc1c(C(=O)NC(Cc2ccc(Cl)cc2)C(N)=O)nn(-c2ccc(Cl)cc2Cl)c1-c1ccc(Cl)cc1. The topological polar surface area (TPSA) is 114 Å². The van der Waals surface area contributed by atoms with Crippen LogP contribution in [0.1, 0.15) is 21.6 Å². The predicted octanol–water partition coefficient (Wildman–Crippen LogP) is 6.05. The number of rotatable bonds is 8. The van der Waals surface area contributed by atoms with Gasteiger partial charge in [0.05, 0.1) is 28.9 Å². The van der Waals surface area contributed by atoms with Crippen LogP contribution in [0.3, 0.4) is 0 Å². The molecular weight excluding hydrogens is 568 g/mol. The molecule has 0 aliphatic rings. The van der Waals surface area contributed by atoms with Crippen LogP contribution in [-0.4, -0.2) is 27.6 Å². The fourth-order valence-corrected chi connectivity index (χ4v) is 4.66. The molecule has 0 saturated heterocycles. The summed E-state index contributed by atoms with van der Waals surface area (Å²) in [7, 11) is 0. The number of nitrogens with one attached hydrogen (secondary N) is 1. The van der Waals surface area contributed by atoms with E-state index >= 15 is 0 Å². The average molecular weight is 587 g/mol. The van der Waals surface area contributed by atoms with E-state index in [-0.39, 0.29) is 23.6 Å². The molecular formula is C27H19Cl4N5O2. The molecule has 0 aliphatic carbocycles. The summed E-state index contributed by atoms with van der Waals surface area (Å²) in [5.74, 6) is -1.40. The van der Waals surface area contributed by atoms with Crippen LogP contribution in [0.5, 0.6) is 0 Å². The number of nitrogens with two attached hydrogens (primary N) is 1. The third-order valence-electron chi connectivity index (χ3n) is 5.71. The second kappa shape index (κ2) is 11.9. The highest BCUT2D eigenvalue weighted by Crippen LogP contribution is 2.34. The maximum atomic E-state index is 13.5. The Morgan fingerprint density at radius 2 is 1.55 bits per heavy atom. The molecule has 1 aromatic heterocycles. The van der Waals surface area contributed by atoms with Crippen molar-refractivity contribution < 1.29 is 9.59 Å². The van der Waals surface area contributed by atoms with E-state index in [2.05, 4.69) is 16.5 Å². The zero-order chi connectivity index (χ0) is 27.4. The van der Waals surface area contributed by atoms with E-state index in [9.17, 15) is 14.9 Å². The Labute approximate surface area is 238 Å². The first-order chi connectivity index (χ1) is 18.2. The molecule has 0 saturated carbocycles. The summed E-state index contributed by atoms with van der Waals surface area (Å²) < 4.78 is 1.47. The molecule has 192 valence electrons. The number of hydrogen-bond donors (Lipinski definition) is 2. The highest BCUT2D eigenvalue weighted by molar-refractivity contribution is 6.35. The van der Waals surface area contributed by atoms with Crippen molar-refractivity contribution in [1.82, 2.24) is 15.1 Å². The summed E-state index contributed by atoms with van der Waals surface area (Å²) in [6.07, 6.45) is -0.00999. The summed E-state index contributed by atoms with van der Waals surface area (Å²) in [5, 5.41) is 18.6. The zero-order valence-electron chi connectivity index (χ0n) is 19.6. The second-order valence-corrected chi connectivity index (χ2v) is 10.0. The lowest BCUT2D eigenvalue weighted by molar-refractivity contribution is -0.119. The normalized spacial score (nSPS) is 11.6. The number of aromatic nitrogens is 2. The van der Waals surface area contributed by atoms with Gasteiger partial charge in [-0.2, -0.15) is 10.4 Å². The molecule has 3 aromatic carbocycles. The zero-order valence-corrected chi connectivity index (χ0v) is 22.6. The number of primary amides is 1. The van der Waals surface area contributed by atoms with Crippen LogP contribution in [0.25, 0.3) is 16.9 Å². The molecule has 2 amide bonds. The van der Waals surface area contributed by atoms with Crippen LogP contribution in [0.2, 0.25) is 20.1 Å². The molecule has 38 heavy (non-hydrogen) atoms. The standard InChI is InChI=1S/C27H19Cl4N5O2/c28-17-5-1-15(2-6-17)13-22(26(33)37)34-27(38)24-20(11-12-32)25(16-3-7-18(29)8-4-16)36(35-24)23-10-9-19(30)14-21(23)31/h1-10,14,22H,11,13H2,(H2,33,37)(H,34,38). The maximum Gasteiger partial charge on any atom is 0.272 e. The fourth-order valence-electron chi connectivity index (χ4n) is 3.92. The second-order valence-electron chi connectivity index (χ2n) is 8.28. The number of carbonyl (C=O) groups is 2. The van der Waals surface area contributed by atoms with Gasteiger partial charge in [0.1, 0.15) is 6.04 Å². The van der Waals surface area contributed by atoms with Crippen LogP contribution in [0.15, 0.2) is 66.7 Å². The monoisotopic (exact) mass is 585 g/mol. The fraction of sp³-hybridized carbons (Fsp3) is 0.111.